The Morgan fingerprint density at radius 2 is 2.00 bits per heavy atom. The number of nitrogens with zero attached hydrogens (tertiary/aromatic N) is 4. The summed E-state index contributed by atoms with van der Waals surface area (Å²) in [4.78, 5) is 29.4. The minimum Gasteiger partial charge on any atom is -0.497 e. The number of halogens is 1. The molecule has 9 heteroatoms. The number of anilines is 1. The molecule has 0 spiro atoms. The summed E-state index contributed by atoms with van der Waals surface area (Å²) in [5.74, 6) is 0.689. The number of methoxy groups -OCH3 is 1. The van der Waals surface area contributed by atoms with E-state index in [1.54, 1.807) is 47.2 Å². The zero-order valence-electron chi connectivity index (χ0n) is 18.7. The number of rotatable bonds is 7. The predicted octanol–water partition coefficient (Wildman–Crippen LogP) is 4.19. The zero-order chi connectivity index (χ0) is 23.5. The third-order valence-corrected chi connectivity index (χ3v) is 5.86. The van der Waals surface area contributed by atoms with E-state index in [1.165, 1.54) is 0 Å². The van der Waals surface area contributed by atoms with E-state index in [4.69, 9.17) is 20.8 Å². The largest absolute Gasteiger partial charge is 0.497 e. The number of carbonyl (C=O) groups is 2. The highest BCUT2D eigenvalue weighted by atomic mass is 35.5. The standard InChI is InChI=1S/C24H25ClN4O4/c1-15(2)28(14-21-26-27-23(33-21)16-7-9-18(25)10-8-16)24(31)17-11-22(30)29(13-17)19-5-4-6-20(12-19)32-3/h4-10,12,15,17H,11,13-14H2,1-3H3. The summed E-state index contributed by atoms with van der Waals surface area (Å²) in [5, 5.41) is 8.82. The van der Waals surface area contributed by atoms with Crippen molar-refractivity contribution in [3.05, 3.63) is 59.4 Å². The van der Waals surface area contributed by atoms with Gasteiger partial charge in [0.15, 0.2) is 0 Å². The minimum absolute atomic E-state index is 0.0897. The van der Waals surface area contributed by atoms with Crippen LogP contribution >= 0.6 is 11.6 Å². The lowest BCUT2D eigenvalue weighted by atomic mass is 10.1. The summed E-state index contributed by atoms with van der Waals surface area (Å²) in [6.07, 6.45) is 0.152. The highest BCUT2D eigenvalue weighted by Crippen LogP contribution is 2.30. The second kappa shape index (κ2) is 9.62. The molecular weight excluding hydrogens is 444 g/mol. The number of aromatic nitrogens is 2. The lowest BCUT2D eigenvalue weighted by Crippen LogP contribution is -2.41. The molecule has 2 amide bonds. The van der Waals surface area contributed by atoms with E-state index in [1.807, 2.05) is 32.0 Å². The van der Waals surface area contributed by atoms with Gasteiger partial charge in [-0.25, -0.2) is 0 Å². The van der Waals surface area contributed by atoms with Crippen LogP contribution in [0.2, 0.25) is 5.02 Å². The van der Waals surface area contributed by atoms with Crippen LogP contribution in [0.15, 0.2) is 52.9 Å². The first-order chi connectivity index (χ1) is 15.9. The van der Waals surface area contributed by atoms with Gasteiger partial charge >= 0.3 is 0 Å². The molecule has 1 fully saturated rings. The Bertz CT molecular complexity index is 1150. The number of ether oxygens (including phenoxy) is 1. The van der Waals surface area contributed by atoms with E-state index in [2.05, 4.69) is 10.2 Å². The molecule has 2 heterocycles. The maximum absolute atomic E-state index is 13.4. The van der Waals surface area contributed by atoms with Gasteiger partial charge in [-0.15, -0.1) is 10.2 Å². The van der Waals surface area contributed by atoms with Gasteiger partial charge in [0.1, 0.15) is 5.75 Å². The predicted molar refractivity (Wildman–Crippen MR) is 124 cm³/mol. The van der Waals surface area contributed by atoms with E-state index in [9.17, 15) is 9.59 Å². The molecule has 1 unspecified atom stereocenters. The Morgan fingerprint density at radius 3 is 2.70 bits per heavy atom. The Kier molecular flexibility index (Phi) is 6.65. The summed E-state index contributed by atoms with van der Waals surface area (Å²) >= 11 is 5.94. The van der Waals surface area contributed by atoms with Gasteiger partial charge in [-0.05, 0) is 50.2 Å². The van der Waals surface area contributed by atoms with Gasteiger partial charge < -0.3 is 19.0 Å². The highest BCUT2D eigenvalue weighted by molar-refractivity contribution is 6.30. The lowest BCUT2D eigenvalue weighted by molar-refractivity contribution is -0.138. The molecule has 1 atom stereocenters. The van der Waals surface area contributed by atoms with Crippen LogP contribution in [-0.2, 0) is 16.1 Å². The molecule has 0 saturated carbocycles. The van der Waals surface area contributed by atoms with Crippen molar-refractivity contribution in [1.29, 1.82) is 0 Å². The minimum atomic E-state index is -0.454. The zero-order valence-corrected chi connectivity index (χ0v) is 19.5. The molecule has 2 aromatic carbocycles. The van der Waals surface area contributed by atoms with Crippen LogP contribution in [0.4, 0.5) is 5.69 Å². The van der Waals surface area contributed by atoms with Crippen LogP contribution < -0.4 is 9.64 Å². The Morgan fingerprint density at radius 1 is 1.24 bits per heavy atom. The summed E-state index contributed by atoms with van der Waals surface area (Å²) in [5.41, 5.74) is 1.46. The van der Waals surface area contributed by atoms with Crippen molar-refractivity contribution in [2.24, 2.45) is 5.92 Å². The molecule has 1 aliphatic heterocycles. The molecule has 0 aliphatic carbocycles. The van der Waals surface area contributed by atoms with Gasteiger partial charge in [-0.3, -0.25) is 9.59 Å². The smallest absolute Gasteiger partial charge is 0.247 e. The first kappa shape index (κ1) is 22.8. The average molecular weight is 469 g/mol. The fraction of sp³-hybridized carbons (Fsp3) is 0.333. The second-order valence-corrected chi connectivity index (χ2v) is 8.61. The molecule has 4 rings (SSSR count). The van der Waals surface area contributed by atoms with Crippen LogP contribution in [0.25, 0.3) is 11.5 Å². The highest BCUT2D eigenvalue weighted by Gasteiger charge is 2.38. The Balaban J connectivity index is 1.47. The second-order valence-electron chi connectivity index (χ2n) is 8.17. The number of hydrogen-bond acceptors (Lipinski definition) is 6. The number of amides is 2. The molecule has 0 radical (unpaired) electrons. The molecule has 1 saturated heterocycles. The fourth-order valence-electron chi connectivity index (χ4n) is 3.82. The Labute approximate surface area is 197 Å². The third kappa shape index (κ3) is 5.01. The van der Waals surface area contributed by atoms with Crippen LogP contribution in [-0.4, -0.2) is 46.6 Å². The van der Waals surface area contributed by atoms with Crippen molar-refractivity contribution in [1.82, 2.24) is 15.1 Å². The van der Waals surface area contributed by atoms with Gasteiger partial charge in [-0.2, -0.15) is 0 Å². The Hall–Kier alpha value is -3.39. The van der Waals surface area contributed by atoms with Crippen LogP contribution in [0.1, 0.15) is 26.2 Å². The molecular formula is C24H25ClN4O4. The van der Waals surface area contributed by atoms with E-state index < -0.39 is 5.92 Å². The molecule has 0 N–H and O–H groups in total. The number of benzene rings is 2. The van der Waals surface area contributed by atoms with Crippen molar-refractivity contribution in [3.63, 3.8) is 0 Å². The quantitative estimate of drug-likeness (QED) is 0.516. The molecule has 3 aromatic rings. The molecule has 1 aromatic heterocycles. The van der Waals surface area contributed by atoms with Crippen molar-refractivity contribution in [2.45, 2.75) is 32.9 Å². The van der Waals surface area contributed by atoms with Crippen molar-refractivity contribution in [3.8, 4) is 17.2 Å². The van der Waals surface area contributed by atoms with Crippen molar-refractivity contribution < 1.29 is 18.7 Å². The molecule has 172 valence electrons. The van der Waals surface area contributed by atoms with Crippen molar-refractivity contribution in [2.75, 3.05) is 18.6 Å². The summed E-state index contributed by atoms with van der Waals surface area (Å²) in [7, 11) is 1.58. The van der Waals surface area contributed by atoms with Crippen LogP contribution in [0.5, 0.6) is 5.75 Å². The van der Waals surface area contributed by atoms with Gasteiger partial charge in [0, 0.05) is 41.3 Å². The first-order valence-electron chi connectivity index (χ1n) is 10.7. The monoisotopic (exact) mass is 468 g/mol. The summed E-state index contributed by atoms with van der Waals surface area (Å²) < 4.78 is 11.0. The normalized spacial score (nSPS) is 15.8. The maximum atomic E-state index is 13.4. The SMILES string of the molecule is COc1cccc(N2CC(C(=O)N(Cc3nnc(-c4ccc(Cl)cc4)o3)C(C)C)CC2=O)c1. The third-order valence-electron chi connectivity index (χ3n) is 5.61. The summed E-state index contributed by atoms with van der Waals surface area (Å²) in [6, 6.07) is 14.2. The number of carbonyl (C=O) groups excluding carboxylic acids is 2. The lowest BCUT2D eigenvalue weighted by Gasteiger charge is -2.28. The maximum Gasteiger partial charge on any atom is 0.247 e. The van der Waals surface area contributed by atoms with Gasteiger partial charge in [0.2, 0.25) is 23.6 Å². The van der Waals surface area contributed by atoms with E-state index in [-0.39, 0.29) is 30.8 Å². The fourth-order valence-corrected chi connectivity index (χ4v) is 3.95. The molecule has 1 aliphatic rings. The van der Waals surface area contributed by atoms with Crippen LogP contribution in [0.3, 0.4) is 0 Å². The van der Waals surface area contributed by atoms with Gasteiger partial charge in [0.05, 0.1) is 19.6 Å². The van der Waals surface area contributed by atoms with Gasteiger partial charge in [0.25, 0.3) is 0 Å². The van der Waals surface area contributed by atoms with E-state index in [0.717, 1.165) is 11.3 Å². The summed E-state index contributed by atoms with van der Waals surface area (Å²) in [6.45, 7) is 4.32. The van der Waals surface area contributed by atoms with E-state index >= 15 is 0 Å². The topological polar surface area (TPSA) is 88.8 Å². The van der Waals surface area contributed by atoms with E-state index in [0.29, 0.717) is 29.1 Å². The van der Waals surface area contributed by atoms with Crippen molar-refractivity contribution >= 4 is 29.1 Å². The average Bonchev–Trinajstić information content (AvgIpc) is 3.44. The number of hydrogen-bond donors (Lipinski definition) is 0. The first-order valence-corrected chi connectivity index (χ1v) is 11.1. The molecule has 8 nitrogen and oxygen atoms in total. The van der Waals surface area contributed by atoms with Crippen LogP contribution in [0, 0.1) is 5.92 Å². The van der Waals surface area contributed by atoms with Gasteiger partial charge in [-0.1, -0.05) is 17.7 Å². The molecule has 33 heavy (non-hydrogen) atoms. The molecule has 0 bridgehead atoms.